The average Bonchev–Trinajstić information content (AvgIpc) is 2.45. The van der Waals surface area contributed by atoms with Gasteiger partial charge in [0.15, 0.2) is 0 Å². The third-order valence-corrected chi connectivity index (χ3v) is 3.74. The van der Waals surface area contributed by atoms with Crippen LogP contribution in [0.25, 0.3) is 0 Å². The zero-order valence-corrected chi connectivity index (χ0v) is 8.19. The maximum atomic E-state index is 4.47. The standard InChI is InChI=1S/C10H18S/c1-7(11)4-10-6-8-2-3-9(10)5-8/h7-11H,2-6H2,1H3. The highest BCUT2D eigenvalue weighted by molar-refractivity contribution is 7.80. The summed E-state index contributed by atoms with van der Waals surface area (Å²) in [4.78, 5) is 0. The molecular formula is C10H18S. The minimum absolute atomic E-state index is 0.624. The molecule has 2 fully saturated rings. The van der Waals surface area contributed by atoms with E-state index in [-0.39, 0.29) is 0 Å². The van der Waals surface area contributed by atoms with Crippen LogP contribution in [0, 0.1) is 17.8 Å². The van der Waals surface area contributed by atoms with Gasteiger partial charge in [0.2, 0.25) is 0 Å². The minimum Gasteiger partial charge on any atom is -0.176 e. The molecule has 0 aliphatic heterocycles. The first-order valence-corrected chi connectivity index (χ1v) is 5.45. The molecule has 0 nitrogen and oxygen atoms in total. The van der Waals surface area contributed by atoms with Gasteiger partial charge in [-0.1, -0.05) is 13.3 Å². The van der Waals surface area contributed by atoms with Crippen LogP contribution in [0.5, 0.6) is 0 Å². The SMILES string of the molecule is CC(S)CC1CC2CCC1C2. The Balaban J connectivity index is 1.87. The summed E-state index contributed by atoms with van der Waals surface area (Å²) in [5.41, 5.74) is 0. The molecule has 0 radical (unpaired) electrons. The monoisotopic (exact) mass is 170 g/mol. The van der Waals surface area contributed by atoms with E-state index in [1.165, 1.54) is 25.7 Å². The topological polar surface area (TPSA) is 0 Å². The Hall–Kier alpha value is 0.350. The third kappa shape index (κ3) is 1.58. The van der Waals surface area contributed by atoms with Crippen LogP contribution in [0.2, 0.25) is 0 Å². The summed E-state index contributed by atoms with van der Waals surface area (Å²) in [6, 6.07) is 0. The van der Waals surface area contributed by atoms with Crippen LogP contribution in [-0.2, 0) is 0 Å². The molecule has 0 heterocycles. The summed E-state index contributed by atoms with van der Waals surface area (Å²) >= 11 is 4.47. The van der Waals surface area contributed by atoms with Crippen LogP contribution < -0.4 is 0 Å². The molecule has 0 aromatic rings. The maximum Gasteiger partial charge on any atom is -0.000885 e. The summed E-state index contributed by atoms with van der Waals surface area (Å²) in [5.74, 6) is 3.24. The van der Waals surface area contributed by atoms with Gasteiger partial charge in [0.1, 0.15) is 0 Å². The van der Waals surface area contributed by atoms with Crippen molar-refractivity contribution in [3.63, 3.8) is 0 Å². The number of thiol groups is 1. The van der Waals surface area contributed by atoms with Gasteiger partial charge in [0.25, 0.3) is 0 Å². The molecule has 2 saturated carbocycles. The van der Waals surface area contributed by atoms with Crippen molar-refractivity contribution in [2.75, 3.05) is 0 Å². The normalized spacial score (nSPS) is 44.7. The first-order valence-electron chi connectivity index (χ1n) is 4.93. The van der Waals surface area contributed by atoms with Gasteiger partial charge >= 0.3 is 0 Å². The van der Waals surface area contributed by atoms with Gasteiger partial charge in [-0.3, -0.25) is 0 Å². The molecule has 0 aromatic heterocycles. The van der Waals surface area contributed by atoms with Crippen molar-refractivity contribution in [1.82, 2.24) is 0 Å². The van der Waals surface area contributed by atoms with E-state index in [0.717, 1.165) is 17.8 Å². The Morgan fingerprint density at radius 2 is 2.18 bits per heavy atom. The molecule has 64 valence electrons. The maximum absolute atomic E-state index is 4.47. The van der Waals surface area contributed by atoms with E-state index < -0.39 is 0 Å². The van der Waals surface area contributed by atoms with Gasteiger partial charge in [0, 0.05) is 0 Å². The van der Waals surface area contributed by atoms with Crippen molar-refractivity contribution in [2.24, 2.45) is 17.8 Å². The van der Waals surface area contributed by atoms with Crippen LogP contribution in [-0.4, -0.2) is 5.25 Å². The molecule has 2 aliphatic carbocycles. The Morgan fingerprint density at radius 3 is 2.64 bits per heavy atom. The summed E-state index contributed by atoms with van der Waals surface area (Å²) in [5, 5.41) is 0.624. The Bertz CT molecular complexity index is 142. The van der Waals surface area contributed by atoms with Gasteiger partial charge in [-0.15, -0.1) is 0 Å². The van der Waals surface area contributed by atoms with Crippen molar-refractivity contribution in [2.45, 2.75) is 44.3 Å². The van der Waals surface area contributed by atoms with Gasteiger partial charge in [-0.2, -0.15) is 12.6 Å². The fraction of sp³-hybridized carbons (Fsp3) is 1.00. The lowest BCUT2D eigenvalue weighted by molar-refractivity contribution is 0.315. The lowest BCUT2D eigenvalue weighted by Crippen LogP contribution is -2.13. The lowest BCUT2D eigenvalue weighted by Gasteiger charge is -2.22. The zero-order valence-electron chi connectivity index (χ0n) is 7.29. The van der Waals surface area contributed by atoms with E-state index >= 15 is 0 Å². The third-order valence-electron chi connectivity index (χ3n) is 3.53. The van der Waals surface area contributed by atoms with Crippen LogP contribution in [0.1, 0.15) is 39.0 Å². The summed E-state index contributed by atoms with van der Waals surface area (Å²) < 4.78 is 0. The summed E-state index contributed by atoms with van der Waals surface area (Å²) in [6.07, 6.45) is 7.49. The molecule has 4 unspecified atom stereocenters. The fourth-order valence-electron chi connectivity index (χ4n) is 3.10. The molecule has 2 aliphatic rings. The van der Waals surface area contributed by atoms with E-state index in [2.05, 4.69) is 19.6 Å². The molecule has 0 N–H and O–H groups in total. The van der Waals surface area contributed by atoms with Gasteiger partial charge in [0.05, 0.1) is 0 Å². The largest absolute Gasteiger partial charge is 0.176 e. The second kappa shape index (κ2) is 3.01. The van der Waals surface area contributed by atoms with Crippen molar-refractivity contribution < 1.29 is 0 Å². The van der Waals surface area contributed by atoms with Crippen molar-refractivity contribution in [1.29, 1.82) is 0 Å². The van der Waals surface area contributed by atoms with Gasteiger partial charge in [-0.25, -0.2) is 0 Å². The first-order chi connectivity index (χ1) is 5.25. The minimum atomic E-state index is 0.624. The van der Waals surface area contributed by atoms with Gasteiger partial charge < -0.3 is 0 Å². The number of rotatable bonds is 2. The molecule has 2 bridgehead atoms. The molecule has 11 heavy (non-hydrogen) atoms. The summed E-state index contributed by atoms with van der Waals surface area (Å²) in [6.45, 7) is 2.23. The molecule has 0 saturated heterocycles. The quantitative estimate of drug-likeness (QED) is 0.605. The average molecular weight is 170 g/mol. The van der Waals surface area contributed by atoms with Gasteiger partial charge in [-0.05, 0) is 48.7 Å². The highest BCUT2D eigenvalue weighted by Gasteiger charge is 2.39. The first kappa shape index (κ1) is 7.97. The molecule has 0 amide bonds. The second-order valence-corrected chi connectivity index (χ2v) is 5.40. The van der Waals surface area contributed by atoms with Crippen molar-refractivity contribution >= 4 is 12.6 Å². The Labute approximate surface area is 75.2 Å². The molecule has 1 heteroatoms. The van der Waals surface area contributed by atoms with E-state index in [1.807, 2.05) is 0 Å². The molecule has 4 atom stereocenters. The van der Waals surface area contributed by atoms with Crippen LogP contribution in [0.15, 0.2) is 0 Å². The lowest BCUT2D eigenvalue weighted by atomic mass is 9.86. The fourth-order valence-corrected chi connectivity index (χ4v) is 3.37. The number of hydrogen-bond donors (Lipinski definition) is 1. The van der Waals surface area contributed by atoms with Crippen LogP contribution >= 0.6 is 12.6 Å². The summed E-state index contributed by atoms with van der Waals surface area (Å²) in [7, 11) is 0. The Morgan fingerprint density at radius 1 is 1.36 bits per heavy atom. The van der Waals surface area contributed by atoms with Crippen LogP contribution in [0.4, 0.5) is 0 Å². The van der Waals surface area contributed by atoms with Crippen LogP contribution in [0.3, 0.4) is 0 Å². The highest BCUT2D eigenvalue weighted by Crippen LogP contribution is 2.50. The predicted molar refractivity (Wildman–Crippen MR) is 52.0 cm³/mol. The molecule has 0 aromatic carbocycles. The molecule has 0 spiro atoms. The van der Waals surface area contributed by atoms with Crippen molar-refractivity contribution in [3.05, 3.63) is 0 Å². The number of hydrogen-bond acceptors (Lipinski definition) is 1. The Kier molecular flexibility index (Phi) is 2.18. The molecule has 2 rings (SSSR count). The van der Waals surface area contributed by atoms with Crippen molar-refractivity contribution in [3.8, 4) is 0 Å². The predicted octanol–water partition coefficient (Wildman–Crippen LogP) is 3.13. The zero-order chi connectivity index (χ0) is 7.84. The van der Waals surface area contributed by atoms with E-state index in [0.29, 0.717) is 5.25 Å². The van der Waals surface area contributed by atoms with E-state index in [9.17, 15) is 0 Å². The second-order valence-electron chi connectivity index (χ2n) is 4.52. The molecular weight excluding hydrogens is 152 g/mol. The highest BCUT2D eigenvalue weighted by atomic mass is 32.1. The number of fused-ring (bicyclic) bond motifs is 2. The smallest absolute Gasteiger partial charge is 0.000885 e. The van der Waals surface area contributed by atoms with E-state index in [1.54, 1.807) is 6.42 Å². The van der Waals surface area contributed by atoms with E-state index in [4.69, 9.17) is 0 Å².